The van der Waals surface area contributed by atoms with Crippen molar-refractivity contribution in [2.75, 3.05) is 13.1 Å². The number of nitrogens with zero attached hydrogens (tertiary/aromatic N) is 1. The average molecular weight is 225 g/mol. The van der Waals surface area contributed by atoms with E-state index in [9.17, 15) is 14.4 Å². The van der Waals surface area contributed by atoms with Crippen molar-refractivity contribution in [3.8, 4) is 0 Å². The lowest BCUT2D eigenvalue weighted by Crippen LogP contribution is -2.59. The number of carbonyl (C=O) groups is 3. The van der Waals surface area contributed by atoms with Gasteiger partial charge in [-0.15, -0.1) is 0 Å². The molecule has 2 atom stereocenters. The van der Waals surface area contributed by atoms with Crippen LogP contribution in [0.4, 0.5) is 0 Å². The van der Waals surface area contributed by atoms with Crippen molar-refractivity contribution in [3.05, 3.63) is 0 Å². The Kier molecular flexibility index (Phi) is 2.80. The molecule has 2 unspecified atom stereocenters. The van der Waals surface area contributed by atoms with Gasteiger partial charge in [0.1, 0.15) is 12.1 Å². The maximum Gasteiger partial charge on any atom is 0.245 e. The molecular weight excluding hydrogens is 210 g/mol. The third kappa shape index (κ3) is 1.87. The summed E-state index contributed by atoms with van der Waals surface area (Å²) in [6, 6.07) is -0.889. The van der Waals surface area contributed by atoms with Gasteiger partial charge in [0.2, 0.25) is 17.7 Å². The highest BCUT2D eigenvalue weighted by molar-refractivity contribution is 5.94. The smallest absolute Gasteiger partial charge is 0.245 e. The lowest BCUT2D eigenvalue weighted by molar-refractivity contribution is -0.144. The third-order valence-corrected chi connectivity index (χ3v) is 3.08. The molecule has 88 valence electrons. The summed E-state index contributed by atoms with van der Waals surface area (Å²) in [5.41, 5.74) is 0. The van der Waals surface area contributed by atoms with Gasteiger partial charge in [-0.05, 0) is 13.3 Å². The average Bonchev–Trinajstić information content (AvgIpc) is 2.68. The van der Waals surface area contributed by atoms with E-state index in [1.165, 1.54) is 4.90 Å². The van der Waals surface area contributed by atoms with Crippen LogP contribution in [0.15, 0.2) is 0 Å². The van der Waals surface area contributed by atoms with Gasteiger partial charge in [-0.1, -0.05) is 0 Å². The maximum atomic E-state index is 12.0. The molecule has 16 heavy (non-hydrogen) atoms. The number of rotatable bonds is 1. The fraction of sp³-hybridized carbons (Fsp3) is 0.700. The van der Waals surface area contributed by atoms with Crippen molar-refractivity contribution < 1.29 is 14.4 Å². The van der Waals surface area contributed by atoms with Gasteiger partial charge in [0.05, 0.1) is 0 Å². The molecule has 2 aliphatic rings. The summed E-state index contributed by atoms with van der Waals surface area (Å²) in [4.78, 5) is 36.0. The number of hydrogen-bond donors (Lipinski definition) is 2. The van der Waals surface area contributed by atoms with Crippen LogP contribution < -0.4 is 10.6 Å². The summed E-state index contributed by atoms with van der Waals surface area (Å²) in [6.07, 6.45) is 0.924. The minimum Gasteiger partial charge on any atom is -0.353 e. The number of nitrogens with one attached hydrogen (secondary N) is 2. The summed E-state index contributed by atoms with van der Waals surface area (Å²) < 4.78 is 0. The van der Waals surface area contributed by atoms with Gasteiger partial charge >= 0.3 is 0 Å². The van der Waals surface area contributed by atoms with E-state index in [0.29, 0.717) is 25.9 Å². The highest BCUT2D eigenvalue weighted by Crippen LogP contribution is 2.13. The molecule has 3 amide bonds. The third-order valence-electron chi connectivity index (χ3n) is 3.08. The van der Waals surface area contributed by atoms with Gasteiger partial charge in [-0.2, -0.15) is 0 Å². The normalized spacial score (nSPS) is 29.9. The second-order valence-corrected chi connectivity index (χ2v) is 4.16. The molecule has 0 aromatic rings. The fourth-order valence-electron chi connectivity index (χ4n) is 2.08. The standard InChI is InChI=1S/C10H15N3O3/c1-6-9(15)11-4-5-13(6)10(16)7-2-3-8(14)12-7/h6-7H,2-5H2,1H3,(H,11,15)(H,12,14). The van der Waals surface area contributed by atoms with Crippen LogP contribution in [0.25, 0.3) is 0 Å². The molecule has 0 aliphatic carbocycles. The van der Waals surface area contributed by atoms with Gasteiger partial charge in [-0.3, -0.25) is 14.4 Å². The zero-order valence-electron chi connectivity index (χ0n) is 9.16. The molecule has 2 rings (SSSR count). The van der Waals surface area contributed by atoms with E-state index in [0.717, 1.165) is 0 Å². The van der Waals surface area contributed by atoms with E-state index in [4.69, 9.17) is 0 Å². The quantitative estimate of drug-likeness (QED) is 0.577. The topological polar surface area (TPSA) is 78.5 Å². The van der Waals surface area contributed by atoms with Crippen LogP contribution >= 0.6 is 0 Å². The Hall–Kier alpha value is -1.59. The molecule has 2 heterocycles. The van der Waals surface area contributed by atoms with E-state index in [-0.39, 0.29) is 17.7 Å². The predicted molar refractivity (Wildman–Crippen MR) is 55.3 cm³/mol. The Labute approximate surface area is 93.4 Å². The zero-order chi connectivity index (χ0) is 11.7. The largest absolute Gasteiger partial charge is 0.353 e. The van der Waals surface area contributed by atoms with E-state index >= 15 is 0 Å². The molecule has 6 nitrogen and oxygen atoms in total. The first-order valence-electron chi connectivity index (χ1n) is 5.47. The molecule has 0 bridgehead atoms. The van der Waals surface area contributed by atoms with Crippen molar-refractivity contribution in [1.82, 2.24) is 15.5 Å². The van der Waals surface area contributed by atoms with E-state index in [2.05, 4.69) is 10.6 Å². The van der Waals surface area contributed by atoms with Crippen LogP contribution in [0.5, 0.6) is 0 Å². The Bertz CT molecular complexity index is 342. The number of piperazine rings is 1. The van der Waals surface area contributed by atoms with Gasteiger partial charge in [-0.25, -0.2) is 0 Å². The Morgan fingerprint density at radius 3 is 2.81 bits per heavy atom. The highest BCUT2D eigenvalue weighted by Gasteiger charge is 2.36. The van der Waals surface area contributed by atoms with Gasteiger partial charge in [0.25, 0.3) is 0 Å². The van der Waals surface area contributed by atoms with Crippen molar-refractivity contribution in [2.45, 2.75) is 31.8 Å². The van der Waals surface area contributed by atoms with Crippen LogP contribution in [0.3, 0.4) is 0 Å². The molecular formula is C10H15N3O3. The van der Waals surface area contributed by atoms with Crippen LogP contribution in [-0.2, 0) is 14.4 Å². The Balaban J connectivity index is 2.03. The molecule has 0 aromatic carbocycles. The molecule has 0 aromatic heterocycles. The molecule has 0 radical (unpaired) electrons. The molecule has 2 saturated heterocycles. The van der Waals surface area contributed by atoms with Crippen molar-refractivity contribution in [3.63, 3.8) is 0 Å². The van der Waals surface area contributed by atoms with Crippen LogP contribution in [0.1, 0.15) is 19.8 Å². The van der Waals surface area contributed by atoms with Crippen molar-refractivity contribution in [1.29, 1.82) is 0 Å². The fourth-order valence-corrected chi connectivity index (χ4v) is 2.08. The molecule has 2 aliphatic heterocycles. The molecule has 2 N–H and O–H groups in total. The minimum atomic E-state index is -0.446. The number of carbonyl (C=O) groups excluding carboxylic acids is 3. The Morgan fingerprint density at radius 1 is 1.44 bits per heavy atom. The minimum absolute atomic E-state index is 0.0903. The molecule has 2 fully saturated rings. The molecule has 0 spiro atoms. The van der Waals surface area contributed by atoms with Crippen molar-refractivity contribution in [2.24, 2.45) is 0 Å². The first-order valence-corrected chi connectivity index (χ1v) is 5.47. The van der Waals surface area contributed by atoms with Gasteiger partial charge in [0, 0.05) is 19.5 Å². The van der Waals surface area contributed by atoms with E-state index in [1.807, 2.05) is 0 Å². The van der Waals surface area contributed by atoms with Crippen LogP contribution in [0, 0.1) is 0 Å². The highest BCUT2D eigenvalue weighted by atomic mass is 16.2. The summed E-state index contributed by atoms with van der Waals surface area (Å²) >= 11 is 0. The first-order chi connectivity index (χ1) is 7.59. The van der Waals surface area contributed by atoms with Crippen molar-refractivity contribution >= 4 is 17.7 Å². The second kappa shape index (κ2) is 4.11. The summed E-state index contributed by atoms with van der Waals surface area (Å²) in [6.45, 7) is 2.69. The van der Waals surface area contributed by atoms with E-state index < -0.39 is 12.1 Å². The monoisotopic (exact) mass is 225 g/mol. The lowest BCUT2D eigenvalue weighted by Gasteiger charge is -2.34. The summed E-state index contributed by atoms with van der Waals surface area (Å²) in [7, 11) is 0. The first kappa shape index (κ1) is 10.9. The van der Waals surface area contributed by atoms with Crippen LogP contribution in [-0.4, -0.2) is 47.8 Å². The maximum absolute atomic E-state index is 12.0. The van der Waals surface area contributed by atoms with E-state index in [1.54, 1.807) is 6.92 Å². The predicted octanol–water partition coefficient (Wildman–Crippen LogP) is -1.39. The van der Waals surface area contributed by atoms with Crippen LogP contribution in [0.2, 0.25) is 0 Å². The SMILES string of the molecule is CC1C(=O)NCCN1C(=O)C1CCC(=O)N1. The Morgan fingerprint density at radius 2 is 2.19 bits per heavy atom. The number of amides is 3. The second-order valence-electron chi connectivity index (χ2n) is 4.16. The lowest BCUT2D eigenvalue weighted by atomic mass is 10.1. The van der Waals surface area contributed by atoms with Gasteiger partial charge < -0.3 is 15.5 Å². The molecule has 0 saturated carbocycles. The summed E-state index contributed by atoms with van der Waals surface area (Å²) in [5.74, 6) is -0.371. The zero-order valence-corrected chi connectivity index (χ0v) is 9.16. The molecule has 6 heteroatoms. The van der Waals surface area contributed by atoms with Gasteiger partial charge in [0.15, 0.2) is 0 Å². The summed E-state index contributed by atoms with van der Waals surface area (Å²) in [5, 5.41) is 5.32. The number of hydrogen-bond acceptors (Lipinski definition) is 3.